The molecule has 126 valence electrons. The first-order valence-electron chi connectivity index (χ1n) is 7.59. The van der Waals surface area contributed by atoms with Gasteiger partial charge in [-0.05, 0) is 43.2 Å². The van der Waals surface area contributed by atoms with E-state index in [2.05, 4.69) is 47.6 Å². The van der Waals surface area contributed by atoms with Gasteiger partial charge in [0.1, 0.15) is 0 Å². The molecular weight excluding hydrogens is 336 g/mol. The minimum absolute atomic E-state index is 0.0585. The number of nitrogens with zero attached hydrogens (tertiary/aromatic N) is 3. The number of benzene rings is 2. The molecule has 6 nitrogen and oxygen atoms in total. The second-order valence-corrected chi connectivity index (χ2v) is 6.43. The van der Waals surface area contributed by atoms with Crippen LogP contribution in [0.4, 0.5) is 10.8 Å². The van der Waals surface area contributed by atoms with E-state index in [1.807, 2.05) is 5.38 Å². The number of hydrogen-bond donors (Lipinski definition) is 1. The highest BCUT2D eigenvalue weighted by Gasteiger charge is 2.07. The van der Waals surface area contributed by atoms with Gasteiger partial charge in [-0.25, -0.2) is 4.98 Å². The molecule has 0 saturated carbocycles. The Hall–Kier alpha value is -3.06. The lowest BCUT2D eigenvalue weighted by Crippen LogP contribution is -1.92. The third-order valence-electron chi connectivity index (χ3n) is 3.65. The molecule has 0 atom stereocenters. The van der Waals surface area contributed by atoms with Gasteiger partial charge in [-0.2, -0.15) is 5.10 Å². The molecule has 7 heteroatoms. The number of anilines is 1. The van der Waals surface area contributed by atoms with E-state index in [1.54, 1.807) is 18.3 Å². The summed E-state index contributed by atoms with van der Waals surface area (Å²) in [6.07, 6.45) is 1.60. The van der Waals surface area contributed by atoms with Crippen LogP contribution in [0.1, 0.15) is 16.7 Å². The topological polar surface area (TPSA) is 80.4 Å². The number of hydrazone groups is 1. The number of thiazole rings is 1. The van der Waals surface area contributed by atoms with Crippen molar-refractivity contribution in [3.8, 4) is 11.3 Å². The minimum atomic E-state index is -0.427. The van der Waals surface area contributed by atoms with Gasteiger partial charge in [0.25, 0.3) is 5.69 Å². The molecule has 0 saturated heterocycles. The molecule has 2 aromatic carbocycles. The quantitative estimate of drug-likeness (QED) is 0.407. The smallest absolute Gasteiger partial charge is 0.258 e. The van der Waals surface area contributed by atoms with Crippen LogP contribution in [0.3, 0.4) is 0 Å². The van der Waals surface area contributed by atoms with Crippen LogP contribution in [-0.2, 0) is 0 Å². The fourth-order valence-electron chi connectivity index (χ4n) is 2.30. The number of nitro groups is 1. The number of aryl methyl sites for hydroxylation is 2. The van der Waals surface area contributed by atoms with E-state index in [0.29, 0.717) is 5.13 Å². The number of nitro benzene ring substituents is 1. The largest absolute Gasteiger partial charge is 0.269 e. The molecule has 0 aliphatic carbocycles. The van der Waals surface area contributed by atoms with Crippen molar-refractivity contribution >= 4 is 28.4 Å². The first kappa shape index (κ1) is 16.8. The van der Waals surface area contributed by atoms with Crippen molar-refractivity contribution in [3.05, 3.63) is 74.6 Å². The van der Waals surface area contributed by atoms with Crippen molar-refractivity contribution in [1.82, 2.24) is 4.98 Å². The van der Waals surface area contributed by atoms with Crippen LogP contribution < -0.4 is 5.43 Å². The predicted octanol–water partition coefficient (Wildman–Crippen LogP) is 4.78. The Bertz CT molecular complexity index is 933. The fraction of sp³-hybridized carbons (Fsp3) is 0.111. The highest BCUT2D eigenvalue weighted by Crippen LogP contribution is 2.28. The Morgan fingerprint density at radius 3 is 2.68 bits per heavy atom. The summed E-state index contributed by atoms with van der Waals surface area (Å²) in [5.41, 5.74) is 8.13. The zero-order valence-electron chi connectivity index (χ0n) is 13.8. The normalized spacial score (nSPS) is 11.0. The number of non-ortho nitro benzene ring substituents is 1. The zero-order chi connectivity index (χ0) is 17.8. The molecule has 1 heterocycles. The molecular formula is C18H16N4O2S. The maximum atomic E-state index is 10.6. The van der Waals surface area contributed by atoms with Crippen molar-refractivity contribution < 1.29 is 4.92 Å². The van der Waals surface area contributed by atoms with E-state index in [-0.39, 0.29) is 5.69 Å². The van der Waals surface area contributed by atoms with E-state index in [1.165, 1.54) is 34.6 Å². The van der Waals surface area contributed by atoms with Crippen LogP contribution in [0.5, 0.6) is 0 Å². The summed E-state index contributed by atoms with van der Waals surface area (Å²) in [6.45, 7) is 4.12. The Morgan fingerprint density at radius 2 is 1.96 bits per heavy atom. The Morgan fingerprint density at radius 1 is 1.20 bits per heavy atom. The lowest BCUT2D eigenvalue weighted by molar-refractivity contribution is -0.384. The lowest BCUT2D eigenvalue weighted by atomic mass is 10.0. The molecule has 0 aliphatic rings. The van der Waals surface area contributed by atoms with Crippen LogP contribution >= 0.6 is 11.3 Å². The zero-order valence-corrected chi connectivity index (χ0v) is 14.6. The first-order valence-corrected chi connectivity index (χ1v) is 8.47. The molecule has 0 radical (unpaired) electrons. The van der Waals surface area contributed by atoms with Crippen LogP contribution in [0, 0.1) is 24.0 Å². The molecule has 0 bridgehead atoms. The second-order valence-electron chi connectivity index (χ2n) is 5.57. The average Bonchev–Trinajstić information content (AvgIpc) is 3.06. The van der Waals surface area contributed by atoms with Gasteiger partial charge in [0.2, 0.25) is 5.13 Å². The van der Waals surface area contributed by atoms with E-state index in [0.717, 1.165) is 16.8 Å². The molecule has 3 aromatic rings. The molecule has 0 spiro atoms. The van der Waals surface area contributed by atoms with Gasteiger partial charge >= 0.3 is 0 Å². The number of nitrogens with one attached hydrogen (secondary N) is 1. The molecule has 3 rings (SSSR count). The van der Waals surface area contributed by atoms with Gasteiger partial charge in [0, 0.05) is 23.1 Å². The summed E-state index contributed by atoms with van der Waals surface area (Å²) in [5.74, 6) is 0. The second kappa shape index (κ2) is 7.23. The van der Waals surface area contributed by atoms with Gasteiger partial charge in [0.05, 0.1) is 16.8 Å². The van der Waals surface area contributed by atoms with Crippen molar-refractivity contribution in [2.75, 3.05) is 5.43 Å². The molecule has 0 unspecified atom stereocenters. The average molecular weight is 352 g/mol. The van der Waals surface area contributed by atoms with E-state index < -0.39 is 4.92 Å². The SMILES string of the molecule is Cc1ccc(C)c(-c2csc(N/N=C/c3ccc([N+](=O)[O-])cc3)n2)c1. The summed E-state index contributed by atoms with van der Waals surface area (Å²) in [7, 11) is 0. The molecule has 0 amide bonds. The van der Waals surface area contributed by atoms with Crippen molar-refractivity contribution in [1.29, 1.82) is 0 Å². The molecule has 0 aliphatic heterocycles. The van der Waals surface area contributed by atoms with Gasteiger partial charge in [-0.1, -0.05) is 17.7 Å². The Labute approximate surface area is 149 Å². The predicted molar refractivity (Wildman–Crippen MR) is 101 cm³/mol. The molecule has 25 heavy (non-hydrogen) atoms. The summed E-state index contributed by atoms with van der Waals surface area (Å²) < 4.78 is 0. The minimum Gasteiger partial charge on any atom is -0.258 e. The lowest BCUT2D eigenvalue weighted by Gasteiger charge is -2.03. The van der Waals surface area contributed by atoms with Crippen molar-refractivity contribution in [2.24, 2.45) is 5.10 Å². The number of rotatable bonds is 5. The summed E-state index contributed by atoms with van der Waals surface area (Å²) in [5, 5.41) is 17.4. The van der Waals surface area contributed by atoms with Crippen molar-refractivity contribution in [3.63, 3.8) is 0 Å². The molecule has 1 aromatic heterocycles. The summed E-state index contributed by atoms with van der Waals surface area (Å²) in [4.78, 5) is 14.8. The van der Waals surface area contributed by atoms with E-state index in [9.17, 15) is 10.1 Å². The standard InChI is InChI=1S/C18H16N4O2S/c1-12-3-4-13(2)16(9-12)17-11-25-18(20-17)21-19-10-14-5-7-15(8-6-14)22(23)24/h3-11H,1-2H3,(H,20,21)/b19-10+. The summed E-state index contributed by atoms with van der Waals surface area (Å²) >= 11 is 1.48. The Kier molecular flexibility index (Phi) is 4.85. The molecule has 1 N–H and O–H groups in total. The van der Waals surface area contributed by atoms with Gasteiger partial charge in [0.15, 0.2) is 0 Å². The molecule has 0 fully saturated rings. The van der Waals surface area contributed by atoms with Gasteiger partial charge in [-0.3, -0.25) is 15.5 Å². The highest BCUT2D eigenvalue weighted by atomic mass is 32.1. The maximum Gasteiger partial charge on any atom is 0.269 e. The van der Waals surface area contributed by atoms with Crippen LogP contribution in [0.15, 0.2) is 52.9 Å². The third kappa shape index (κ3) is 4.07. The van der Waals surface area contributed by atoms with E-state index >= 15 is 0 Å². The van der Waals surface area contributed by atoms with Crippen LogP contribution in [0.25, 0.3) is 11.3 Å². The summed E-state index contributed by atoms with van der Waals surface area (Å²) in [6, 6.07) is 12.5. The van der Waals surface area contributed by atoms with Gasteiger partial charge in [-0.15, -0.1) is 11.3 Å². The Balaban J connectivity index is 1.69. The fourth-order valence-corrected chi connectivity index (χ4v) is 2.96. The van der Waals surface area contributed by atoms with Crippen LogP contribution in [0.2, 0.25) is 0 Å². The highest BCUT2D eigenvalue weighted by molar-refractivity contribution is 7.14. The monoisotopic (exact) mass is 352 g/mol. The third-order valence-corrected chi connectivity index (χ3v) is 4.40. The van der Waals surface area contributed by atoms with Gasteiger partial charge < -0.3 is 0 Å². The van der Waals surface area contributed by atoms with Crippen molar-refractivity contribution in [2.45, 2.75) is 13.8 Å². The maximum absolute atomic E-state index is 10.6. The van der Waals surface area contributed by atoms with Crippen LogP contribution in [-0.4, -0.2) is 16.1 Å². The number of aromatic nitrogens is 1. The number of hydrogen-bond acceptors (Lipinski definition) is 6. The first-order chi connectivity index (χ1) is 12.0. The van der Waals surface area contributed by atoms with E-state index in [4.69, 9.17) is 0 Å².